The van der Waals surface area contributed by atoms with Gasteiger partial charge in [0.2, 0.25) is 5.13 Å². The van der Waals surface area contributed by atoms with Gasteiger partial charge >= 0.3 is 0 Å². The third-order valence-electron chi connectivity index (χ3n) is 3.93. The van der Waals surface area contributed by atoms with Gasteiger partial charge in [0.05, 0.1) is 0 Å². The van der Waals surface area contributed by atoms with Gasteiger partial charge in [-0.15, -0.1) is 0 Å². The fourth-order valence-corrected chi connectivity index (χ4v) is 3.53. The molecule has 4 nitrogen and oxygen atoms in total. The molecule has 0 spiro atoms. The number of anilines is 1. The summed E-state index contributed by atoms with van der Waals surface area (Å²) < 4.78 is 4.53. The Balaban J connectivity index is 1.58. The summed E-state index contributed by atoms with van der Waals surface area (Å²) in [6, 6.07) is 0.610. The molecule has 0 aromatic carbocycles. The minimum atomic E-state index is 0.610. The summed E-state index contributed by atoms with van der Waals surface area (Å²) in [5, 5.41) is 4.73. The van der Waals surface area contributed by atoms with Crippen molar-refractivity contribution < 1.29 is 0 Å². The van der Waals surface area contributed by atoms with Gasteiger partial charge in [-0.3, -0.25) is 0 Å². The average molecular weight is 280 g/mol. The quantitative estimate of drug-likeness (QED) is 0.870. The fraction of sp³-hybridized carbons (Fsp3) is 0.857. The highest BCUT2D eigenvalue weighted by molar-refractivity contribution is 7.09. The van der Waals surface area contributed by atoms with Crippen molar-refractivity contribution in [3.63, 3.8) is 0 Å². The number of rotatable bonds is 6. The third-order valence-corrected chi connectivity index (χ3v) is 4.70. The number of hydrogen-bond acceptors (Lipinski definition) is 5. The van der Waals surface area contributed by atoms with E-state index in [1.54, 1.807) is 11.5 Å². The molecule has 106 valence electrons. The molecule has 3 rings (SSSR count). The number of nitrogens with one attached hydrogen (secondary N) is 1. The van der Waals surface area contributed by atoms with Crippen molar-refractivity contribution in [3.05, 3.63) is 5.82 Å². The number of hydrogen-bond donors (Lipinski definition) is 1. The maximum atomic E-state index is 4.75. The Kier molecular flexibility index (Phi) is 4.03. The van der Waals surface area contributed by atoms with Crippen LogP contribution in [0.4, 0.5) is 5.13 Å². The fourth-order valence-electron chi connectivity index (χ4n) is 2.69. The lowest BCUT2D eigenvalue weighted by Gasteiger charge is -2.24. The van der Waals surface area contributed by atoms with Crippen LogP contribution in [0.15, 0.2) is 0 Å². The molecule has 1 aromatic heterocycles. The predicted molar refractivity (Wildman–Crippen MR) is 80.0 cm³/mol. The molecule has 1 N–H and O–H groups in total. The zero-order valence-electron chi connectivity index (χ0n) is 11.9. The molecule has 0 amide bonds. The number of nitrogens with zero attached hydrogens (tertiary/aromatic N) is 3. The van der Waals surface area contributed by atoms with Crippen LogP contribution in [0.5, 0.6) is 0 Å². The van der Waals surface area contributed by atoms with Gasteiger partial charge in [0.1, 0.15) is 5.82 Å². The Bertz CT molecular complexity index is 413. The molecule has 2 heterocycles. The molecule has 5 heteroatoms. The first kappa shape index (κ1) is 13.3. The standard InChI is InChI=1S/C14H24N4S/c1-10(2)8-15-9-12-4-3-7-18(12)14-16-13(17-19-14)11-5-6-11/h10-12,15H,3-9H2,1-2H3. The Morgan fingerprint density at radius 1 is 1.37 bits per heavy atom. The van der Waals surface area contributed by atoms with Crippen LogP contribution in [0.25, 0.3) is 0 Å². The molecule has 1 aliphatic heterocycles. The number of aromatic nitrogens is 2. The lowest BCUT2D eigenvalue weighted by atomic mass is 10.2. The van der Waals surface area contributed by atoms with Crippen LogP contribution in [0.3, 0.4) is 0 Å². The van der Waals surface area contributed by atoms with Crippen LogP contribution in [-0.4, -0.2) is 35.0 Å². The van der Waals surface area contributed by atoms with Gasteiger partial charge in [0, 0.05) is 36.6 Å². The van der Waals surface area contributed by atoms with Crippen LogP contribution in [0.2, 0.25) is 0 Å². The summed E-state index contributed by atoms with van der Waals surface area (Å²) in [4.78, 5) is 7.22. The molecule has 2 aliphatic rings. The van der Waals surface area contributed by atoms with Crippen molar-refractivity contribution in [3.8, 4) is 0 Å². The molecule has 0 radical (unpaired) electrons. The highest BCUT2D eigenvalue weighted by Gasteiger charge is 2.31. The van der Waals surface area contributed by atoms with E-state index in [4.69, 9.17) is 4.98 Å². The molecule has 1 saturated heterocycles. The summed E-state index contributed by atoms with van der Waals surface area (Å²) in [6.45, 7) is 7.84. The van der Waals surface area contributed by atoms with Gasteiger partial charge in [-0.25, -0.2) is 4.98 Å². The first-order valence-electron chi connectivity index (χ1n) is 7.55. The second-order valence-corrected chi connectivity index (χ2v) is 6.98. The molecule has 2 fully saturated rings. The monoisotopic (exact) mass is 280 g/mol. The van der Waals surface area contributed by atoms with Crippen LogP contribution < -0.4 is 10.2 Å². The molecule has 1 aliphatic carbocycles. The van der Waals surface area contributed by atoms with Gasteiger partial charge in [0.15, 0.2) is 0 Å². The maximum Gasteiger partial charge on any atom is 0.205 e. The van der Waals surface area contributed by atoms with Gasteiger partial charge in [0.25, 0.3) is 0 Å². The van der Waals surface area contributed by atoms with E-state index in [0.717, 1.165) is 36.5 Å². The van der Waals surface area contributed by atoms with Crippen molar-refractivity contribution in [2.75, 3.05) is 24.5 Å². The third kappa shape index (κ3) is 3.26. The van der Waals surface area contributed by atoms with E-state index in [1.165, 1.54) is 25.7 Å². The highest BCUT2D eigenvalue weighted by atomic mass is 32.1. The summed E-state index contributed by atoms with van der Waals surface area (Å²) in [5.74, 6) is 2.49. The second kappa shape index (κ2) is 5.75. The summed E-state index contributed by atoms with van der Waals surface area (Å²) >= 11 is 1.60. The Morgan fingerprint density at radius 2 is 2.21 bits per heavy atom. The molecule has 1 unspecified atom stereocenters. The Morgan fingerprint density at radius 3 is 2.95 bits per heavy atom. The van der Waals surface area contributed by atoms with Gasteiger partial charge in [-0.2, -0.15) is 4.37 Å². The first-order chi connectivity index (χ1) is 9.24. The van der Waals surface area contributed by atoms with Crippen LogP contribution in [0, 0.1) is 5.92 Å². The van der Waals surface area contributed by atoms with Crippen LogP contribution in [0.1, 0.15) is 51.3 Å². The van der Waals surface area contributed by atoms with Gasteiger partial charge in [-0.1, -0.05) is 13.8 Å². The second-order valence-electron chi connectivity index (χ2n) is 6.25. The van der Waals surface area contributed by atoms with Crippen molar-refractivity contribution in [1.82, 2.24) is 14.7 Å². The maximum absolute atomic E-state index is 4.75. The molecule has 19 heavy (non-hydrogen) atoms. The lowest BCUT2D eigenvalue weighted by Crippen LogP contribution is -2.39. The molecule has 1 aromatic rings. The minimum absolute atomic E-state index is 0.610. The average Bonchev–Trinajstić information content (AvgIpc) is 2.93. The van der Waals surface area contributed by atoms with E-state index in [0.29, 0.717) is 12.0 Å². The zero-order chi connectivity index (χ0) is 13.2. The normalized spacial score (nSPS) is 23.5. The van der Waals surface area contributed by atoms with E-state index in [2.05, 4.69) is 28.4 Å². The van der Waals surface area contributed by atoms with Crippen LogP contribution in [-0.2, 0) is 0 Å². The van der Waals surface area contributed by atoms with Gasteiger partial charge < -0.3 is 10.2 Å². The van der Waals surface area contributed by atoms with Crippen molar-refractivity contribution in [1.29, 1.82) is 0 Å². The van der Waals surface area contributed by atoms with Crippen molar-refractivity contribution >= 4 is 16.7 Å². The van der Waals surface area contributed by atoms with E-state index >= 15 is 0 Å². The largest absolute Gasteiger partial charge is 0.343 e. The van der Waals surface area contributed by atoms with Crippen molar-refractivity contribution in [2.45, 2.75) is 51.5 Å². The first-order valence-corrected chi connectivity index (χ1v) is 8.32. The minimum Gasteiger partial charge on any atom is -0.343 e. The van der Waals surface area contributed by atoms with E-state index in [1.807, 2.05) is 0 Å². The molecule has 1 saturated carbocycles. The zero-order valence-corrected chi connectivity index (χ0v) is 12.7. The Hall–Kier alpha value is -0.680. The molecule has 1 atom stereocenters. The topological polar surface area (TPSA) is 41.0 Å². The smallest absolute Gasteiger partial charge is 0.205 e. The Labute approximate surface area is 119 Å². The van der Waals surface area contributed by atoms with E-state index in [-0.39, 0.29) is 0 Å². The summed E-state index contributed by atoms with van der Waals surface area (Å²) in [7, 11) is 0. The molecular weight excluding hydrogens is 256 g/mol. The summed E-state index contributed by atoms with van der Waals surface area (Å²) in [5.41, 5.74) is 0. The molecule has 0 bridgehead atoms. The summed E-state index contributed by atoms with van der Waals surface area (Å²) in [6.07, 6.45) is 5.14. The lowest BCUT2D eigenvalue weighted by molar-refractivity contribution is 0.512. The van der Waals surface area contributed by atoms with E-state index < -0.39 is 0 Å². The van der Waals surface area contributed by atoms with Gasteiger partial charge in [-0.05, 0) is 38.1 Å². The predicted octanol–water partition coefficient (Wildman–Crippen LogP) is 2.63. The molecular formula is C14H24N4S. The highest BCUT2D eigenvalue weighted by Crippen LogP contribution is 2.40. The van der Waals surface area contributed by atoms with Crippen LogP contribution >= 0.6 is 11.5 Å². The van der Waals surface area contributed by atoms with Crippen molar-refractivity contribution in [2.24, 2.45) is 5.92 Å². The van der Waals surface area contributed by atoms with E-state index in [9.17, 15) is 0 Å². The SMILES string of the molecule is CC(C)CNCC1CCCN1c1nc(C2CC2)ns1.